The van der Waals surface area contributed by atoms with Crippen LogP contribution < -0.4 is 5.73 Å². The van der Waals surface area contributed by atoms with Gasteiger partial charge in [0.15, 0.2) is 0 Å². The Hall–Kier alpha value is -0.410. The van der Waals surface area contributed by atoms with Crippen molar-refractivity contribution in [2.75, 3.05) is 19.6 Å². The summed E-state index contributed by atoms with van der Waals surface area (Å²) in [4.78, 5) is 13.3. The predicted octanol–water partition coefficient (Wildman–Crippen LogP) is 1.41. The van der Waals surface area contributed by atoms with Gasteiger partial charge in [-0.2, -0.15) is 0 Å². The Morgan fingerprint density at radius 2 is 2.07 bits per heavy atom. The van der Waals surface area contributed by atoms with E-state index in [0.717, 1.165) is 32.4 Å². The fourth-order valence-electron chi connectivity index (χ4n) is 1.46. The first-order chi connectivity index (χ1) is 6.61. The normalized spacial score (nSPS) is 13.2. The Bertz CT molecular complexity index is 159. The molecule has 0 aliphatic heterocycles. The lowest BCUT2D eigenvalue weighted by molar-refractivity contribution is -0.118. The van der Waals surface area contributed by atoms with Crippen LogP contribution in [0.3, 0.4) is 0 Å². The van der Waals surface area contributed by atoms with Gasteiger partial charge in [-0.25, -0.2) is 0 Å². The molecule has 1 atom stereocenters. The lowest BCUT2D eigenvalue weighted by Gasteiger charge is -2.27. The Morgan fingerprint density at radius 3 is 2.50 bits per heavy atom. The molecule has 0 spiro atoms. The minimum absolute atomic E-state index is 0.248. The number of carbonyl (C=O) groups excluding carboxylic acids is 1. The van der Waals surface area contributed by atoms with Crippen LogP contribution >= 0.6 is 0 Å². The number of ketones is 1. The van der Waals surface area contributed by atoms with Crippen molar-refractivity contribution in [2.45, 2.75) is 46.1 Å². The van der Waals surface area contributed by atoms with Crippen molar-refractivity contribution < 1.29 is 4.79 Å². The molecule has 0 aromatic rings. The molecule has 0 bridgehead atoms. The van der Waals surface area contributed by atoms with E-state index in [9.17, 15) is 4.79 Å². The lowest BCUT2D eigenvalue weighted by atomic mass is 10.2. The molecule has 0 heterocycles. The summed E-state index contributed by atoms with van der Waals surface area (Å²) in [6, 6.07) is 0.497. The molecule has 0 fully saturated rings. The summed E-state index contributed by atoms with van der Waals surface area (Å²) >= 11 is 0. The Kier molecular flexibility index (Phi) is 7.71. The van der Waals surface area contributed by atoms with Crippen molar-refractivity contribution in [3.8, 4) is 0 Å². The van der Waals surface area contributed by atoms with E-state index in [1.165, 1.54) is 0 Å². The molecule has 0 aliphatic carbocycles. The number of hydrogen-bond donors (Lipinski definition) is 1. The highest BCUT2D eigenvalue weighted by Gasteiger charge is 2.12. The summed E-state index contributed by atoms with van der Waals surface area (Å²) < 4.78 is 0. The second-order valence-electron chi connectivity index (χ2n) is 3.93. The third-order valence-corrected chi connectivity index (χ3v) is 2.54. The van der Waals surface area contributed by atoms with Crippen LogP contribution in [0.5, 0.6) is 0 Å². The molecule has 0 radical (unpaired) electrons. The summed E-state index contributed by atoms with van der Waals surface area (Å²) in [7, 11) is 0. The molecule has 0 aromatic heterocycles. The van der Waals surface area contributed by atoms with E-state index in [2.05, 4.69) is 18.7 Å². The smallest absolute Gasteiger partial charge is 0.143 e. The van der Waals surface area contributed by atoms with Crippen molar-refractivity contribution in [1.29, 1.82) is 0 Å². The van der Waals surface area contributed by atoms with Crippen LogP contribution in [-0.2, 0) is 4.79 Å². The van der Waals surface area contributed by atoms with Gasteiger partial charge in [-0.05, 0) is 46.2 Å². The highest BCUT2D eigenvalue weighted by Crippen LogP contribution is 2.05. The van der Waals surface area contributed by atoms with E-state index in [-0.39, 0.29) is 5.78 Å². The Balaban J connectivity index is 3.90. The molecule has 2 N–H and O–H groups in total. The van der Waals surface area contributed by atoms with Gasteiger partial charge in [-0.1, -0.05) is 6.92 Å². The molecule has 84 valence electrons. The molecule has 0 saturated heterocycles. The number of carbonyl (C=O) groups is 1. The molecule has 14 heavy (non-hydrogen) atoms. The maximum Gasteiger partial charge on any atom is 0.143 e. The second-order valence-corrected chi connectivity index (χ2v) is 3.93. The molecular weight excluding hydrogens is 176 g/mol. The highest BCUT2D eigenvalue weighted by molar-refractivity contribution is 5.77. The van der Waals surface area contributed by atoms with Crippen molar-refractivity contribution in [1.82, 2.24) is 4.90 Å². The van der Waals surface area contributed by atoms with Gasteiger partial charge in [-0.15, -0.1) is 0 Å². The van der Waals surface area contributed by atoms with Gasteiger partial charge in [0, 0.05) is 6.04 Å². The number of nitrogens with two attached hydrogens (primary N) is 1. The largest absolute Gasteiger partial charge is 0.330 e. The van der Waals surface area contributed by atoms with E-state index in [4.69, 9.17) is 5.73 Å². The van der Waals surface area contributed by atoms with Gasteiger partial charge in [-0.3, -0.25) is 9.69 Å². The summed E-state index contributed by atoms with van der Waals surface area (Å²) in [5.41, 5.74) is 5.44. The van der Waals surface area contributed by atoms with Gasteiger partial charge in [0.1, 0.15) is 5.78 Å². The second kappa shape index (κ2) is 7.94. The first kappa shape index (κ1) is 13.6. The van der Waals surface area contributed by atoms with Crippen LogP contribution in [0.15, 0.2) is 0 Å². The molecular formula is C11H24N2O. The fourth-order valence-corrected chi connectivity index (χ4v) is 1.46. The zero-order valence-electron chi connectivity index (χ0n) is 9.75. The topological polar surface area (TPSA) is 46.3 Å². The van der Waals surface area contributed by atoms with Crippen LogP contribution in [0.2, 0.25) is 0 Å². The van der Waals surface area contributed by atoms with Gasteiger partial charge in [0.05, 0.1) is 6.54 Å². The SMILES string of the molecule is CCC(C)N(CCCCN)CC(C)=O. The van der Waals surface area contributed by atoms with Gasteiger partial charge in [0.25, 0.3) is 0 Å². The minimum Gasteiger partial charge on any atom is -0.330 e. The van der Waals surface area contributed by atoms with E-state index in [1.807, 2.05) is 0 Å². The number of hydrogen-bond acceptors (Lipinski definition) is 3. The van der Waals surface area contributed by atoms with Crippen molar-refractivity contribution in [3.63, 3.8) is 0 Å². The number of unbranched alkanes of at least 4 members (excludes halogenated alkanes) is 1. The summed E-state index contributed by atoms with van der Waals surface area (Å²) in [5, 5.41) is 0. The Labute approximate surface area is 87.6 Å². The summed E-state index contributed by atoms with van der Waals surface area (Å²) in [6.07, 6.45) is 3.23. The van der Waals surface area contributed by atoms with Gasteiger partial charge < -0.3 is 5.73 Å². The first-order valence-electron chi connectivity index (χ1n) is 5.55. The highest BCUT2D eigenvalue weighted by atomic mass is 16.1. The van der Waals surface area contributed by atoms with E-state index >= 15 is 0 Å². The van der Waals surface area contributed by atoms with E-state index in [0.29, 0.717) is 12.6 Å². The number of nitrogens with zero attached hydrogens (tertiary/aromatic N) is 1. The average molecular weight is 200 g/mol. The quantitative estimate of drug-likeness (QED) is 0.603. The maximum absolute atomic E-state index is 11.0. The molecule has 0 amide bonds. The molecule has 0 aromatic carbocycles. The van der Waals surface area contributed by atoms with Crippen LogP contribution in [0.1, 0.15) is 40.0 Å². The maximum atomic E-state index is 11.0. The fraction of sp³-hybridized carbons (Fsp3) is 0.909. The first-order valence-corrected chi connectivity index (χ1v) is 5.55. The third-order valence-electron chi connectivity index (χ3n) is 2.54. The molecule has 1 unspecified atom stereocenters. The zero-order valence-corrected chi connectivity index (χ0v) is 9.75. The molecule has 0 saturated carbocycles. The van der Waals surface area contributed by atoms with Crippen LogP contribution in [0.25, 0.3) is 0 Å². The van der Waals surface area contributed by atoms with Gasteiger partial charge in [0.2, 0.25) is 0 Å². The number of Topliss-reactive ketones (excluding diaryl/α,β-unsaturated/α-hetero) is 1. The molecule has 0 aliphatic rings. The van der Waals surface area contributed by atoms with Gasteiger partial charge >= 0.3 is 0 Å². The minimum atomic E-state index is 0.248. The Morgan fingerprint density at radius 1 is 1.43 bits per heavy atom. The van der Waals surface area contributed by atoms with Crippen molar-refractivity contribution >= 4 is 5.78 Å². The zero-order chi connectivity index (χ0) is 11.0. The van der Waals surface area contributed by atoms with Crippen molar-refractivity contribution in [3.05, 3.63) is 0 Å². The van der Waals surface area contributed by atoms with Crippen LogP contribution in [0, 0.1) is 0 Å². The van der Waals surface area contributed by atoms with Crippen LogP contribution in [-0.4, -0.2) is 36.4 Å². The molecule has 3 nitrogen and oxygen atoms in total. The van der Waals surface area contributed by atoms with E-state index in [1.54, 1.807) is 6.92 Å². The standard InChI is InChI=1S/C11H24N2O/c1-4-10(2)13(9-11(3)14)8-6-5-7-12/h10H,4-9,12H2,1-3H3. The lowest BCUT2D eigenvalue weighted by Crippen LogP contribution is -2.37. The van der Waals surface area contributed by atoms with E-state index < -0.39 is 0 Å². The third kappa shape index (κ3) is 6.11. The molecule has 3 heteroatoms. The average Bonchev–Trinajstić information content (AvgIpc) is 2.15. The molecule has 0 rings (SSSR count). The summed E-state index contributed by atoms with van der Waals surface area (Å²) in [6.45, 7) is 8.30. The summed E-state index contributed by atoms with van der Waals surface area (Å²) in [5.74, 6) is 0.248. The van der Waals surface area contributed by atoms with Crippen LogP contribution in [0.4, 0.5) is 0 Å². The number of rotatable bonds is 8. The monoisotopic (exact) mass is 200 g/mol. The van der Waals surface area contributed by atoms with Crippen molar-refractivity contribution in [2.24, 2.45) is 5.73 Å². The predicted molar refractivity (Wildman–Crippen MR) is 60.3 cm³/mol.